The summed E-state index contributed by atoms with van der Waals surface area (Å²) in [6.45, 7) is 0. The molecule has 11 aromatic rings. The fourth-order valence-electron chi connectivity index (χ4n) is 10.7. The maximum absolute atomic E-state index is 5.76. The van der Waals surface area contributed by atoms with Crippen LogP contribution in [0.2, 0.25) is 0 Å². The Balaban J connectivity index is 1.14. The number of nitrogens with zero attached hydrogens (tertiary/aromatic N) is 4. The summed E-state index contributed by atoms with van der Waals surface area (Å²) in [6, 6.07) is 46.8. The van der Waals surface area contributed by atoms with E-state index in [0.29, 0.717) is 5.92 Å². The zero-order chi connectivity index (χ0) is 36.9. The van der Waals surface area contributed by atoms with Gasteiger partial charge >= 0.3 is 0 Å². The van der Waals surface area contributed by atoms with Crippen molar-refractivity contribution in [2.24, 2.45) is 0 Å². The lowest BCUT2D eigenvalue weighted by Gasteiger charge is -2.23. The van der Waals surface area contributed by atoms with Gasteiger partial charge in [0.05, 0.1) is 33.5 Å². The topological polar surface area (TPSA) is 35.6 Å². The number of hydrogen-bond acceptors (Lipinski definition) is 3. The largest absolute Gasteiger partial charge is 0.336 e. The minimum atomic E-state index is 0.262. The van der Waals surface area contributed by atoms with Crippen LogP contribution in [0, 0.1) is 0 Å². The van der Waals surface area contributed by atoms with E-state index in [2.05, 4.69) is 167 Å². The molecule has 2 unspecified atom stereocenters. The summed E-state index contributed by atoms with van der Waals surface area (Å²) < 4.78 is 7.91. The SMILES string of the molecule is C1=CC2c3ccc4sc5ccc6c7c8c(n(c3c4c57)C2C=C1)CCC=c8n6-c1nc2c(ccc3ccccc32)nc1-c1cccc(-c2cccc3ccccc23)c1. The van der Waals surface area contributed by atoms with Crippen LogP contribution in [0.25, 0.3) is 109 Å². The van der Waals surface area contributed by atoms with Gasteiger partial charge in [0.1, 0.15) is 5.69 Å². The van der Waals surface area contributed by atoms with Crippen molar-refractivity contribution in [2.45, 2.75) is 24.8 Å². The molecule has 0 saturated heterocycles. The normalized spacial score (nSPS) is 17.0. The van der Waals surface area contributed by atoms with Crippen LogP contribution in [0.1, 0.15) is 29.6 Å². The minimum absolute atomic E-state index is 0.262. The zero-order valence-corrected chi connectivity index (χ0v) is 31.6. The van der Waals surface area contributed by atoms with Crippen molar-refractivity contribution in [3.05, 3.63) is 168 Å². The third kappa shape index (κ3) is 3.92. The van der Waals surface area contributed by atoms with Gasteiger partial charge in [-0.1, -0.05) is 127 Å². The first-order valence-corrected chi connectivity index (χ1v) is 20.8. The van der Waals surface area contributed by atoms with Gasteiger partial charge in [0.2, 0.25) is 0 Å². The van der Waals surface area contributed by atoms with Crippen LogP contribution in [0.5, 0.6) is 0 Å². The molecule has 0 N–H and O–H groups in total. The predicted molar refractivity (Wildman–Crippen MR) is 239 cm³/mol. The molecule has 3 aliphatic rings. The Morgan fingerprint density at radius 1 is 0.632 bits per heavy atom. The highest BCUT2D eigenvalue weighted by Gasteiger charge is 2.37. The molecule has 7 aromatic carbocycles. The Morgan fingerprint density at radius 3 is 2.37 bits per heavy atom. The van der Waals surface area contributed by atoms with Crippen molar-refractivity contribution in [2.75, 3.05) is 0 Å². The predicted octanol–water partition coefficient (Wildman–Crippen LogP) is 12.7. The van der Waals surface area contributed by atoms with Crippen LogP contribution in [-0.2, 0) is 6.42 Å². The quantitative estimate of drug-likeness (QED) is 0.169. The van der Waals surface area contributed by atoms with Crippen LogP contribution in [0.3, 0.4) is 0 Å². The summed E-state index contributed by atoms with van der Waals surface area (Å²) in [5.41, 5.74) is 11.6. The van der Waals surface area contributed by atoms with Crippen LogP contribution >= 0.6 is 11.3 Å². The third-order valence-electron chi connectivity index (χ3n) is 13.1. The van der Waals surface area contributed by atoms with E-state index in [9.17, 15) is 0 Å². The van der Waals surface area contributed by atoms with Gasteiger partial charge in [-0.05, 0) is 76.0 Å². The maximum atomic E-state index is 5.76. The number of benzene rings is 7. The molecule has 1 aliphatic heterocycles. The number of fused-ring (bicyclic) bond motifs is 8. The maximum Gasteiger partial charge on any atom is 0.165 e. The van der Waals surface area contributed by atoms with Gasteiger partial charge in [-0.25, -0.2) is 9.97 Å². The summed E-state index contributed by atoms with van der Waals surface area (Å²) in [5, 5.41) is 11.5. The van der Waals surface area contributed by atoms with Crippen LogP contribution in [0.15, 0.2) is 152 Å². The van der Waals surface area contributed by atoms with Crippen LogP contribution in [-0.4, -0.2) is 19.1 Å². The van der Waals surface area contributed by atoms with E-state index in [4.69, 9.17) is 9.97 Å². The molecule has 266 valence electrons. The molecule has 0 spiro atoms. The summed E-state index contributed by atoms with van der Waals surface area (Å²) in [7, 11) is 0. The van der Waals surface area contributed by atoms with Gasteiger partial charge in [-0.3, -0.25) is 4.57 Å². The van der Waals surface area contributed by atoms with E-state index in [-0.39, 0.29) is 6.04 Å². The van der Waals surface area contributed by atoms with Gasteiger partial charge < -0.3 is 4.57 Å². The highest BCUT2D eigenvalue weighted by atomic mass is 32.1. The second-order valence-corrected chi connectivity index (χ2v) is 17.0. The summed E-state index contributed by atoms with van der Waals surface area (Å²) in [4.78, 5) is 11.4. The Hall–Kier alpha value is -6.82. The number of rotatable bonds is 3. The van der Waals surface area contributed by atoms with E-state index >= 15 is 0 Å². The van der Waals surface area contributed by atoms with Gasteiger partial charge in [0.25, 0.3) is 0 Å². The number of hydrogen-bond donors (Lipinski definition) is 0. The monoisotopic (exact) mass is 744 g/mol. The molecule has 0 fully saturated rings. The highest BCUT2D eigenvalue weighted by Crippen LogP contribution is 2.53. The van der Waals surface area contributed by atoms with Crippen molar-refractivity contribution in [3.8, 4) is 28.2 Å². The lowest BCUT2D eigenvalue weighted by Crippen LogP contribution is -2.22. The molecule has 57 heavy (non-hydrogen) atoms. The van der Waals surface area contributed by atoms with Crippen molar-refractivity contribution in [1.29, 1.82) is 0 Å². The molecule has 0 radical (unpaired) electrons. The fraction of sp³-hybridized carbons (Fsp3) is 0.0769. The van der Waals surface area contributed by atoms with E-state index in [1.165, 1.54) is 85.9 Å². The molecular weight excluding hydrogens is 713 g/mol. The highest BCUT2D eigenvalue weighted by molar-refractivity contribution is 7.26. The number of allylic oxidation sites excluding steroid dienone is 4. The first-order valence-electron chi connectivity index (χ1n) is 20.0. The second kappa shape index (κ2) is 10.9. The average Bonchev–Trinajstić information content (AvgIpc) is 3.90. The Morgan fingerprint density at radius 2 is 1.42 bits per heavy atom. The molecule has 0 amide bonds. The number of aryl methyl sites for hydroxylation is 1. The Kier molecular flexibility index (Phi) is 5.83. The van der Waals surface area contributed by atoms with E-state index in [1.807, 2.05) is 11.3 Å². The summed E-state index contributed by atoms with van der Waals surface area (Å²) in [5.74, 6) is 1.21. The third-order valence-corrected chi connectivity index (χ3v) is 14.2. The average molecular weight is 745 g/mol. The standard InChI is InChI=1S/C52H32N4S/c1-3-15-33-29(10-1)12-8-18-34(33)31-13-7-14-32(28-31)49-52(54-50-35-16-4-2-11-30(35)22-24-38(50)53-49)56-41-21-9-20-40-45(41)46-42(56)25-27-43-47(46)48-44(57-43)26-23-37-36-17-5-6-19-39(36)55(40)51(37)48/h1-8,10-19,21-28,36,39H,9,20H2. The van der Waals surface area contributed by atoms with Gasteiger partial charge in [0, 0.05) is 53.5 Å². The summed E-state index contributed by atoms with van der Waals surface area (Å²) in [6.07, 6.45) is 13.8. The fourth-order valence-corrected chi connectivity index (χ4v) is 11.9. The van der Waals surface area contributed by atoms with Crippen molar-refractivity contribution in [1.82, 2.24) is 19.1 Å². The number of thiophene rings is 1. The number of aromatic nitrogens is 4. The molecular formula is C52H32N4S. The Labute approximate surface area is 330 Å². The van der Waals surface area contributed by atoms with Gasteiger partial charge in [-0.2, -0.15) is 0 Å². The molecule has 14 rings (SSSR count). The lowest BCUT2D eigenvalue weighted by atomic mass is 9.90. The zero-order valence-electron chi connectivity index (χ0n) is 30.8. The lowest BCUT2D eigenvalue weighted by molar-refractivity contribution is 0.578. The molecule has 0 bridgehead atoms. The van der Waals surface area contributed by atoms with E-state index < -0.39 is 0 Å². The van der Waals surface area contributed by atoms with Crippen LogP contribution in [0.4, 0.5) is 0 Å². The van der Waals surface area contributed by atoms with E-state index in [0.717, 1.165) is 46.3 Å². The molecule has 2 aliphatic carbocycles. The molecule has 2 atom stereocenters. The molecule has 4 aromatic heterocycles. The van der Waals surface area contributed by atoms with E-state index in [1.54, 1.807) is 0 Å². The van der Waals surface area contributed by atoms with Crippen molar-refractivity contribution >= 4 is 92.0 Å². The summed E-state index contributed by atoms with van der Waals surface area (Å²) >= 11 is 1.93. The molecule has 4 nitrogen and oxygen atoms in total. The first kappa shape index (κ1) is 30.4. The molecule has 0 saturated carbocycles. The van der Waals surface area contributed by atoms with Gasteiger partial charge in [-0.15, -0.1) is 11.3 Å². The van der Waals surface area contributed by atoms with Crippen LogP contribution < -0.4 is 5.35 Å². The first-order chi connectivity index (χ1) is 28.3. The van der Waals surface area contributed by atoms with Gasteiger partial charge in [0.15, 0.2) is 5.82 Å². The van der Waals surface area contributed by atoms with Crippen molar-refractivity contribution < 1.29 is 0 Å². The Bertz CT molecular complexity index is 3720. The molecule has 5 heterocycles. The minimum Gasteiger partial charge on any atom is -0.336 e. The van der Waals surface area contributed by atoms with Crippen molar-refractivity contribution in [3.63, 3.8) is 0 Å². The molecule has 5 heteroatoms. The second-order valence-electron chi connectivity index (χ2n) is 15.9. The smallest absolute Gasteiger partial charge is 0.165 e.